The summed E-state index contributed by atoms with van der Waals surface area (Å²) in [4.78, 5) is 18.6. The Balaban J connectivity index is 1.72. The van der Waals surface area contributed by atoms with E-state index >= 15 is 0 Å². The molecule has 2 aromatic carbocycles. The standard InChI is InChI=1S/C26H30N2O2S/c1-18(19-11-5-3-6-12-19)27-24(29)17-22-21-15-9-10-16-23(21)28-25(26(22)31(2)30)20-13-7-4-8-14-20/h4,7-10,13-16,18-19H,3,5-6,11-12,17H2,1-2H3,(H,27,29). The zero-order valence-corrected chi connectivity index (χ0v) is 19.1. The first-order valence-electron chi connectivity index (χ1n) is 11.1. The minimum atomic E-state index is -1.28. The monoisotopic (exact) mass is 434 g/mol. The maximum absolute atomic E-state index is 13.1. The average molecular weight is 435 g/mol. The van der Waals surface area contributed by atoms with Crippen LogP contribution in [0.4, 0.5) is 0 Å². The van der Waals surface area contributed by atoms with Crippen molar-refractivity contribution in [2.45, 2.75) is 56.4 Å². The highest BCUT2D eigenvalue weighted by molar-refractivity contribution is 7.84. The van der Waals surface area contributed by atoms with Gasteiger partial charge in [-0.15, -0.1) is 0 Å². The third-order valence-corrected chi connectivity index (χ3v) is 7.38. The molecule has 2 unspecified atom stereocenters. The summed E-state index contributed by atoms with van der Waals surface area (Å²) in [5.41, 5.74) is 3.25. The maximum atomic E-state index is 13.1. The van der Waals surface area contributed by atoms with Gasteiger partial charge in [0.2, 0.25) is 5.91 Å². The lowest BCUT2D eigenvalue weighted by molar-refractivity contribution is -0.121. The van der Waals surface area contributed by atoms with E-state index in [1.54, 1.807) is 6.26 Å². The molecular weight excluding hydrogens is 404 g/mol. The second-order valence-corrected chi connectivity index (χ2v) is 9.85. The number of hydrogen-bond acceptors (Lipinski definition) is 3. The fourth-order valence-electron chi connectivity index (χ4n) is 4.76. The molecule has 1 fully saturated rings. The lowest BCUT2D eigenvalue weighted by atomic mass is 9.84. The predicted molar refractivity (Wildman–Crippen MR) is 127 cm³/mol. The fourth-order valence-corrected chi connectivity index (χ4v) is 5.72. The Morgan fingerprint density at radius 2 is 1.74 bits per heavy atom. The van der Waals surface area contributed by atoms with E-state index in [-0.39, 0.29) is 18.4 Å². The third kappa shape index (κ3) is 4.87. The number of carbonyl (C=O) groups is 1. The minimum Gasteiger partial charge on any atom is -0.353 e. The van der Waals surface area contributed by atoms with Gasteiger partial charge in [0.05, 0.1) is 33.3 Å². The highest BCUT2D eigenvalue weighted by Crippen LogP contribution is 2.33. The van der Waals surface area contributed by atoms with Crippen molar-refractivity contribution >= 4 is 27.6 Å². The van der Waals surface area contributed by atoms with E-state index in [2.05, 4.69) is 12.2 Å². The third-order valence-electron chi connectivity index (χ3n) is 6.37. The van der Waals surface area contributed by atoms with Crippen molar-refractivity contribution in [3.05, 3.63) is 60.2 Å². The molecule has 0 bridgehead atoms. The van der Waals surface area contributed by atoms with Crippen LogP contribution in [0.3, 0.4) is 0 Å². The Morgan fingerprint density at radius 3 is 2.45 bits per heavy atom. The second kappa shape index (κ2) is 9.73. The number of hydrogen-bond donors (Lipinski definition) is 1. The van der Waals surface area contributed by atoms with E-state index in [1.165, 1.54) is 32.1 Å². The molecule has 0 radical (unpaired) electrons. The first-order valence-corrected chi connectivity index (χ1v) is 12.7. The van der Waals surface area contributed by atoms with Crippen molar-refractivity contribution < 1.29 is 9.00 Å². The molecule has 3 aromatic rings. The van der Waals surface area contributed by atoms with Gasteiger partial charge in [-0.3, -0.25) is 9.00 Å². The number of fused-ring (bicyclic) bond motifs is 1. The topological polar surface area (TPSA) is 59.1 Å². The van der Waals surface area contributed by atoms with Gasteiger partial charge in [-0.05, 0) is 37.3 Å². The number of benzene rings is 2. The summed E-state index contributed by atoms with van der Waals surface area (Å²) >= 11 is 0. The van der Waals surface area contributed by atoms with Crippen molar-refractivity contribution in [2.75, 3.05) is 6.26 Å². The van der Waals surface area contributed by atoms with E-state index in [9.17, 15) is 9.00 Å². The molecule has 0 aliphatic heterocycles. The highest BCUT2D eigenvalue weighted by atomic mass is 32.2. The molecule has 1 aromatic heterocycles. The van der Waals surface area contributed by atoms with Crippen molar-refractivity contribution in [1.82, 2.24) is 10.3 Å². The van der Waals surface area contributed by atoms with Crippen LogP contribution >= 0.6 is 0 Å². The maximum Gasteiger partial charge on any atom is 0.224 e. The predicted octanol–water partition coefficient (Wildman–Crippen LogP) is 5.27. The zero-order valence-electron chi connectivity index (χ0n) is 18.3. The molecule has 1 heterocycles. The van der Waals surface area contributed by atoms with Crippen molar-refractivity contribution in [3.8, 4) is 11.3 Å². The van der Waals surface area contributed by atoms with Gasteiger partial charge in [0.1, 0.15) is 0 Å². The van der Waals surface area contributed by atoms with E-state index in [0.717, 1.165) is 22.0 Å². The van der Waals surface area contributed by atoms with Gasteiger partial charge in [0.15, 0.2) is 0 Å². The van der Waals surface area contributed by atoms with E-state index in [0.29, 0.717) is 16.5 Å². The van der Waals surface area contributed by atoms with E-state index in [4.69, 9.17) is 4.98 Å². The number of aromatic nitrogens is 1. The molecule has 1 aliphatic carbocycles. The Bertz CT molecular complexity index is 1090. The molecule has 4 rings (SSSR count). The molecule has 162 valence electrons. The van der Waals surface area contributed by atoms with Gasteiger partial charge >= 0.3 is 0 Å². The summed E-state index contributed by atoms with van der Waals surface area (Å²) < 4.78 is 12.9. The van der Waals surface area contributed by atoms with Crippen molar-refractivity contribution in [1.29, 1.82) is 0 Å². The lowest BCUT2D eigenvalue weighted by Crippen LogP contribution is -2.39. The van der Waals surface area contributed by atoms with E-state index in [1.807, 2.05) is 54.6 Å². The van der Waals surface area contributed by atoms with Crippen LogP contribution in [0.25, 0.3) is 22.2 Å². The molecule has 5 heteroatoms. The second-order valence-electron chi connectivity index (χ2n) is 8.54. The van der Waals surface area contributed by atoms with Crippen LogP contribution in [0, 0.1) is 5.92 Å². The van der Waals surface area contributed by atoms with Gasteiger partial charge < -0.3 is 5.32 Å². The van der Waals surface area contributed by atoms with Gasteiger partial charge in [-0.2, -0.15) is 0 Å². The summed E-state index contributed by atoms with van der Waals surface area (Å²) in [6.07, 6.45) is 8.04. The molecule has 31 heavy (non-hydrogen) atoms. The Kier molecular flexibility index (Phi) is 6.81. The first-order chi connectivity index (χ1) is 15.0. The van der Waals surface area contributed by atoms with Gasteiger partial charge in [0, 0.05) is 23.2 Å². The van der Waals surface area contributed by atoms with Crippen LogP contribution in [0.1, 0.15) is 44.6 Å². The van der Waals surface area contributed by atoms with Crippen LogP contribution < -0.4 is 5.32 Å². The Hall–Kier alpha value is -2.53. The quantitative estimate of drug-likeness (QED) is 0.575. The number of rotatable bonds is 6. The fraction of sp³-hybridized carbons (Fsp3) is 0.385. The van der Waals surface area contributed by atoms with Crippen LogP contribution in [-0.4, -0.2) is 27.4 Å². The summed E-state index contributed by atoms with van der Waals surface area (Å²) in [6, 6.07) is 17.8. The van der Waals surface area contributed by atoms with Gasteiger partial charge in [0.25, 0.3) is 0 Å². The molecular formula is C26H30N2O2S. The number of amides is 1. The lowest BCUT2D eigenvalue weighted by Gasteiger charge is -2.28. The summed E-state index contributed by atoms with van der Waals surface area (Å²) in [7, 11) is -1.28. The number of nitrogens with one attached hydrogen (secondary N) is 1. The summed E-state index contributed by atoms with van der Waals surface area (Å²) in [6.45, 7) is 2.12. The Labute approximate surface area is 186 Å². The highest BCUT2D eigenvalue weighted by Gasteiger charge is 2.24. The van der Waals surface area contributed by atoms with Crippen molar-refractivity contribution in [3.63, 3.8) is 0 Å². The molecule has 2 atom stereocenters. The first kappa shape index (κ1) is 21.7. The van der Waals surface area contributed by atoms with E-state index < -0.39 is 10.8 Å². The number of para-hydroxylation sites is 1. The van der Waals surface area contributed by atoms with Crippen LogP contribution in [0.2, 0.25) is 0 Å². The van der Waals surface area contributed by atoms with Crippen LogP contribution in [-0.2, 0) is 22.0 Å². The number of nitrogens with zero attached hydrogens (tertiary/aromatic N) is 1. The molecule has 0 saturated heterocycles. The molecule has 4 nitrogen and oxygen atoms in total. The molecule has 1 aliphatic rings. The van der Waals surface area contributed by atoms with Crippen LogP contribution in [0.5, 0.6) is 0 Å². The van der Waals surface area contributed by atoms with Crippen LogP contribution in [0.15, 0.2) is 59.5 Å². The Morgan fingerprint density at radius 1 is 1.06 bits per heavy atom. The largest absolute Gasteiger partial charge is 0.353 e. The SMILES string of the molecule is CC(NC(=O)Cc1c(S(C)=O)c(-c2ccccc2)nc2ccccc12)C1CCCCC1. The number of pyridine rings is 1. The van der Waals surface area contributed by atoms with Gasteiger partial charge in [-0.25, -0.2) is 4.98 Å². The minimum absolute atomic E-state index is 0.0138. The molecule has 0 spiro atoms. The average Bonchev–Trinajstić information content (AvgIpc) is 2.79. The smallest absolute Gasteiger partial charge is 0.224 e. The molecule has 1 saturated carbocycles. The summed E-state index contributed by atoms with van der Waals surface area (Å²) in [5, 5.41) is 4.13. The number of carbonyl (C=O) groups excluding carboxylic acids is 1. The van der Waals surface area contributed by atoms with Gasteiger partial charge in [-0.1, -0.05) is 67.8 Å². The molecule has 1 amide bonds. The zero-order chi connectivity index (χ0) is 21.8. The normalized spacial score (nSPS) is 16.7. The molecule has 1 N–H and O–H groups in total. The summed E-state index contributed by atoms with van der Waals surface area (Å²) in [5.74, 6) is 0.534. The van der Waals surface area contributed by atoms with Crippen molar-refractivity contribution in [2.24, 2.45) is 5.92 Å².